The Morgan fingerprint density at radius 2 is 2.11 bits per heavy atom. The summed E-state index contributed by atoms with van der Waals surface area (Å²) in [7, 11) is 0. The molecule has 0 radical (unpaired) electrons. The summed E-state index contributed by atoms with van der Waals surface area (Å²) in [5.41, 5.74) is 2.02. The number of halogens is 1. The van der Waals surface area contributed by atoms with E-state index in [1.807, 2.05) is 33.0 Å². The third-order valence-corrected chi connectivity index (χ3v) is 3.58. The number of aromatic nitrogens is 1. The Balaban J connectivity index is 2.01. The second-order valence-corrected chi connectivity index (χ2v) is 6.68. The topological polar surface area (TPSA) is 44.9 Å². The van der Waals surface area contributed by atoms with Gasteiger partial charge in [0.1, 0.15) is 0 Å². The van der Waals surface area contributed by atoms with Crippen LogP contribution in [0.1, 0.15) is 26.3 Å². The van der Waals surface area contributed by atoms with Crippen molar-refractivity contribution in [3.05, 3.63) is 34.4 Å². The van der Waals surface area contributed by atoms with Crippen LogP contribution in [0, 0.1) is 5.41 Å². The molecule has 1 aromatic carbocycles. The van der Waals surface area contributed by atoms with Gasteiger partial charge in [0, 0.05) is 33.5 Å². The van der Waals surface area contributed by atoms with Crippen LogP contribution in [0.5, 0.6) is 0 Å². The molecule has 0 aliphatic carbocycles. The van der Waals surface area contributed by atoms with Gasteiger partial charge < -0.3 is 10.3 Å². The summed E-state index contributed by atoms with van der Waals surface area (Å²) in [4.78, 5) is 15.0. The van der Waals surface area contributed by atoms with E-state index in [1.54, 1.807) is 0 Å². The maximum atomic E-state index is 11.8. The summed E-state index contributed by atoms with van der Waals surface area (Å²) in [6, 6.07) is 6.19. The zero-order valence-corrected chi connectivity index (χ0v) is 13.1. The molecule has 2 aromatic rings. The fraction of sp³-hybridized carbons (Fsp3) is 0.400. The first-order chi connectivity index (χ1) is 8.88. The normalized spacial score (nSPS) is 11.8. The first-order valence-electron chi connectivity index (χ1n) is 6.42. The second-order valence-electron chi connectivity index (χ2n) is 5.76. The highest BCUT2D eigenvalue weighted by Crippen LogP contribution is 2.22. The van der Waals surface area contributed by atoms with Gasteiger partial charge in [-0.2, -0.15) is 0 Å². The van der Waals surface area contributed by atoms with Crippen molar-refractivity contribution < 1.29 is 4.79 Å². The summed E-state index contributed by atoms with van der Waals surface area (Å²) in [5, 5.41) is 4.19. The summed E-state index contributed by atoms with van der Waals surface area (Å²) in [6.07, 6.45) is 2.85. The van der Waals surface area contributed by atoms with Gasteiger partial charge in [-0.25, -0.2) is 0 Å². The number of hydrogen-bond donors (Lipinski definition) is 2. The van der Waals surface area contributed by atoms with Crippen molar-refractivity contribution in [2.45, 2.75) is 27.2 Å². The maximum Gasteiger partial charge on any atom is 0.225 e. The zero-order valence-electron chi connectivity index (χ0n) is 11.5. The molecule has 4 heteroatoms. The molecule has 2 rings (SSSR count). The first-order valence-corrected chi connectivity index (χ1v) is 7.21. The van der Waals surface area contributed by atoms with E-state index in [1.165, 1.54) is 10.9 Å². The van der Waals surface area contributed by atoms with Crippen LogP contribution in [0.3, 0.4) is 0 Å². The van der Waals surface area contributed by atoms with Gasteiger partial charge in [0.15, 0.2) is 0 Å². The molecule has 0 fully saturated rings. The quantitative estimate of drug-likeness (QED) is 0.890. The van der Waals surface area contributed by atoms with E-state index >= 15 is 0 Å². The lowest BCUT2D eigenvalue weighted by Gasteiger charge is -2.17. The van der Waals surface area contributed by atoms with Gasteiger partial charge in [-0.3, -0.25) is 4.79 Å². The highest BCUT2D eigenvalue weighted by molar-refractivity contribution is 9.10. The molecule has 0 bridgehead atoms. The number of aromatic amines is 1. The fourth-order valence-electron chi connectivity index (χ4n) is 1.94. The molecule has 1 aromatic heterocycles. The fourth-order valence-corrected chi connectivity index (χ4v) is 2.30. The number of carbonyl (C=O) groups excluding carboxylic acids is 1. The van der Waals surface area contributed by atoms with E-state index in [0.717, 1.165) is 16.4 Å². The molecule has 3 nitrogen and oxygen atoms in total. The Bertz CT molecular complexity index is 596. The van der Waals surface area contributed by atoms with E-state index in [4.69, 9.17) is 0 Å². The largest absolute Gasteiger partial charge is 0.361 e. The number of carbonyl (C=O) groups is 1. The second kappa shape index (κ2) is 5.37. The average Bonchev–Trinajstić information content (AvgIpc) is 2.70. The van der Waals surface area contributed by atoms with Gasteiger partial charge in [0.25, 0.3) is 0 Å². The van der Waals surface area contributed by atoms with Gasteiger partial charge in [0.2, 0.25) is 5.91 Å². The lowest BCUT2D eigenvalue weighted by molar-refractivity contribution is -0.128. The van der Waals surface area contributed by atoms with Gasteiger partial charge in [-0.1, -0.05) is 42.8 Å². The Kier molecular flexibility index (Phi) is 3.99. The molecule has 2 N–H and O–H groups in total. The highest BCUT2D eigenvalue weighted by atomic mass is 79.9. The molecule has 102 valence electrons. The summed E-state index contributed by atoms with van der Waals surface area (Å²) >= 11 is 3.46. The minimum absolute atomic E-state index is 0.0927. The minimum Gasteiger partial charge on any atom is -0.361 e. The molecule has 0 aliphatic heterocycles. The predicted molar refractivity (Wildman–Crippen MR) is 82.2 cm³/mol. The van der Waals surface area contributed by atoms with Crippen molar-refractivity contribution in [2.24, 2.45) is 5.41 Å². The lowest BCUT2D eigenvalue weighted by atomic mass is 9.95. The smallest absolute Gasteiger partial charge is 0.225 e. The van der Waals surface area contributed by atoms with Crippen molar-refractivity contribution in [2.75, 3.05) is 6.54 Å². The van der Waals surface area contributed by atoms with Crippen LogP contribution in [0.15, 0.2) is 28.9 Å². The van der Waals surface area contributed by atoms with E-state index < -0.39 is 0 Å². The summed E-state index contributed by atoms with van der Waals surface area (Å²) in [5.74, 6) is 0.0927. The number of hydrogen-bond acceptors (Lipinski definition) is 1. The van der Waals surface area contributed by atoms with E-state index in [0.29, 0.717) is 6.54 Å². The number of fused-ring (bicyclic) bond motifs is 1. The van der Waals surface area contributed by atoms with Crippen LogP contribution in [-0.2, 0) is 11.2 Å². The van der Waals surface area contributed by atoms with E-state index in [-0.39, 0.29) is 11.3 Å². The number of rotatable bonds is 3. The van der Waals surface area contributed by atoms with Gasteiger partial charge >= 0.3 is 0 Å². The highest BCUT2D eigenvalue weighted by Gasteiger charge is 2.20. The molecular formula is C15H19BrN2O. The average molecular weight is 323 g/mol. The van der Waals surface area contributed by atoms with Crippen molar-refractivity contribution in [1.82, 2.24) is 10.3 Å². The molecule has 0 spiro atoms. The Hall–Kier alpha value is -1.29. The number of H-pyrrole nitrogens is 1. The molecule has 0 atom stereocenters. The Labute approximate surface area is 121 Å². The number of amides is 1. The lowest BCUT2D eigenvalue weighted by Crippen LogP contribution is -2.35. The van der Waals surface area contributed by atoms with Gasteiger partial charge in [0.05, 0.1) is 0 Å². The standard InChI is InChI=1S/C15H19BrN2O/c1-15(2,3)14(19)17-7-6-10-9-18-13-8-11(16)4-5-12(10)13/h4-5,8-9,18H,6-7H2,1-3H3,(H,17,19). The van der Waals surface area contributed by atoms with Crippen molar-refractivity contribution in [3.8, 4) is 0 Å². The third-order valence-electron chi connectivity index (χ3n) is 3.09. The molecule has 1 heterocycles. The number of benzene rings is 1. The van der Waals surface area contributed by atoms with Crippen molar-refractivity contribution in [3.63, 3.8) is 0 Å². The van der Waals surface area contributed by atoms with E-state index in [9.17, 15) is 4.79 Å². The molecule has 1 amide bonds. The summed E-state index contributed by atoms with van der Waals surface area (Å²) < 4.78 is 1.06. The van der Waals surface area contributed by atoms with Gasteiger partial charge in [-0.05, 0) is 24.1 Å². The van der Waals surface area contributed by atoms with Crippen LogP contribution in [0.4, 0.5) is 0 Å². The SMILES string of the molecule is CC(C)(C)C(=O)NCCc1c[nH]c2cc(Br)ccc12. The molecule has 0 aliphatic rings. The van der Waals surface area contributed by atoms with Crippen molar-refractivity contribution in [1.29, 1.82) is 0 Å². The molecule has 0 unspecified atom stereocenters. The Morgan fingerprint density at radius 1 is 1.37 bits per heavy atom. The molecule has 0 saturated heterocycles. The van der Waals surface area contributed by atoms with Crippen LogP contribution < -0.4 is 5.32 Å². The first kappa shape index (κ1) is 14.1. The Morgan fingerprint density at radius 3 is 2.79 bits per heavy atom. The maximum absolute atomic E-state index is 11.8. The molecule has 0 saturated carbocycles. The number of nitrogens with one attached hydrogen (secondary N) is 2. The van der Waals surface area contributed by atoms with Crippen LogP contribution >= 0.6 is 15.9 Å². The van der Waals surface area contributed by atoms with E-state index in [2.05, 4.69) is 38.4 Å². The minimum atomic E-state index is -0.328. The van der Waals surface area contributed by atoms with Crippen LogP contribution in [0.2, 0.25) is 0 Å². The van der Waals surface area contributed by atoms with Crippen LogP contribution in [-0.4, -0.2) is 17.4 Å². The zero-order chi connectivity index (χ0) is 14.0. The third kappa shape index (κ3) is 3.38. The molecule has 19 heavy (non-hydrogen) atoms. The molecular weight excluding hydrogens is 304 g/mol. The van der Waals surface area contributed by atoms with Crippen LogP contribution in [0.25, 0.3) is 10.9 Å². The van der Waals surface area contributed by atoms with Gasteiger partial charge in [-0.15, -0.1) is 0 Å². The monoisotopic (exact) mass is 322 g/mol. The van der Waals surface area contributed by atoms with Crippen molar-refractivity contribution >= 4 is 32.7 Å². The predicted octanol–water partition coefficient (Wildman–Crippen LogP) is 3.64. The summed E-state index contributed by atoms with van der Waals surface area (Å²) in [6.45, 7) is 6.43.